The predicted molar refractivity (Wildman–Crippen MR) is 75.8 cm³/mol. The molecule has 0 bridgehead atoms. The topological polar surface area (TPSA) is 29.5 Å². The standard InChI is InChI=1S/C15H12BrF3O2/c16-12-6-9(4-5-13(12)17)7-14(20)10-2-1-3-11(8-10)21-15(18)19/h1-6,8,14-15,20H,7H2. The summed E-state index contributed by atoms with van der Waals surface area (Å²) in [6.45, 7) is -2.91. The molecule has 2 aromatic carbocycles. The maximum absolute atomic E-state index is 13.1. The number of halogens is 4. The van der Waals surface area contributed by atoms with E-state index < -0.39 is 12.7 Å². The van der Waals surface area contributed by atoms with Gasteiger partial charge in [-0.15, -0.1) is 0 Å². The van der Waals surface area contributed by atoms with Crippen LogP contribution in [0.5, 0.6) is 5.75 Å². The molecular weight excluding hydrogens is 349 g/mol. The number of benzene rings is 2. The molecule has 112 valence electrons. The minimum Gasteiger partial charge on any atom is -0.435 e. The first kappa shape index (κ1) is 15.9. The van der Waals surface area contributed by atoms with Gasteiger partial charge in [0.05, 0.1) is 10.6 Å². The van der Waals surface area contributed by atoms with Crippen molar-refractivity contribution in [3.63, 3.8) is 0 Å². The van der Waals surface area contributed by atoms with E-state index in [-0.39, 0.29) is 18.0 Å². The first-order valence-corrected chi connectivity index (χ1v) is 6.92. The Labute approximate surface area is 128 Å². The van der Waals surface area contributed by atoms with Gasteiger partial charge in [0.25, 0.3) is 0 Å². The lowest BCUT2D eigenvalue weighted by Gasteiger charge is -2.13. The molecule has 0 spiro atoms. The van der Waals surface area contributed by atoms with Crippen LogP contribution < -0.4 is 4.74 Å². The Bertz CT molecular complexity index is 620. The van der Waals surface area contributed by atoms with Crippen molar-refractivity contribution in [3.05, 3.63) is 63.9 Å². The van der Waals surface area contributed by atoms with E-state index in [0.717, 1.165) is 5.56 Å². The minimum atomic E-state index is -2.91. The number of alkyl halides is 2. The molecule has 1 unspecified atom stereocenters. The van der Waals surface area contributed by atoms with Crippen LogP contribution in [0.4, 0.5) is 13.2 Å². The van der Waals surface area contributed by atoms with Crippen LogP contribution in [0, 0.1) is 5.82 Å². The largest absolute Gasteiger partial charge is 0.435 e. The Hall–Kier alpha value is -1.53. The van der Waals surface area contributed by atoms with Gasteiger partial charge in [0.15, 0.2) is 0 Å². The van der Waals surface area contributed by atoms with Crippen molar-refractivity contribution >= 4 is 15.9 Å². The Balaban J connectivity index is 2.12. The Morgan fingerprint density at radius 1 is 1.14 bits per heavy atom. The van der Waals surface area contributed by atoms with Gasteiger partial charge in [-0.2, -0.15) is 8.78 Å². The zero-order valence-corrected chi connectivity index (χ0v) is 12.4. The third-order valence-electron chi connectivity index (χ3n) is 2.88. The van der Waals surface area contributed by atoms with Crippen molar-refractivity contribution in [2.24, 2.45) is 0 Å². The van der Waals surface area contributed by atoms with Gasteiger partial charge in [-0.05, 0) is 51.3 Å². The predicted octanol–water partition coefficient (Wildman–Crippen LogP) is 4.47. The highest BCUT2D eigenvalue weighted by Gasteiger charge is 2.12. The van der Waals surface area contributed by atoms with Crippen LogP contribution in [0.3, 0.4) is 0 Å². The molecule has 0 fully saturated rings. The smallest absolute Gasteiger partial charge is 0.387 e. The first-order chi connectivity index (χ1) is 9.95. The van der Waals surface area contributed by atoms with Crippen LogP contribution in [0.2, 0.25) is 0 Å². The van der Waals surface area contributed by atoms with Crippen molar-refractivity contribution in [1.82, 2.24) is 0 Å². The lowest BCUT2D eigenvalue weighted by Crippen LogP contribution is -2.05. The summed E-state index contributed by atoms with van der Waals surface area (Å²) < 4.78 is 42.0. The van der Waals surface area contributed by atoms with E-state index in [0.29, 0.717) is 10.0 Å². The average Bonchev–Trinajstić information content (AvgIpc) is 2.42. The molecule has 0 radical (unpaired) electrons. The van der Waals surface area contributed by atoms with Crippen molar-refractivity contribution in [3.8, 4) is 5.75 Å². The van der Waals surface area contributed by atoms with Crippen LogP contribution in [0.15, 0.2) is 46.9 Å². The van der Waals surface area contributed by atoms with Gasteiger partial charge in [0, 0.05) is 6.42 Å². The molecule has 0 aliphatic carbocycles. The second-order valence-corrected chi connectivity index (χ2v) is 5.27. The van der Waals surface area contributed by atoms with Gasteiger partial charge in [0.1, 0.15) is 11.6 Å². The van der Waals surface area contributed by atoms with Crippen LogP contribution in [-0.4, -0.2) is 11.7 Å². The van der Waals surface area contributed by atoms with Crippen LogP contribution in [0.1, 0.15) is 17.2 Å². The van der Waals surface area contributed by atoms with Gasteiger partial charge in [-0.3, -0.25) is 0 Å². The average molecular weight is 361 g/mol. The van der Waals surface area contributed by atoms with Crippen molar-refractivity contribution in [2.75, 3.05) is 0 Å². The monoisotopic (exact) mass is 360 g/mol. The van der Waals surface area contributed by atoms with Gasteiger partial charge >= 0.3 is 6.61 Å². The molecular formula is C15H12BrF3O2. The zero-order valence-electron chi connectivity index (χ0n) is 10.8. The Morgan fingerprint density at radius 2 is 1.90 bits per heavy atom. The number of hydrogen-bond donors (Lipinski definition) is 1. The van der Waals surface area contributed by atoms with E-state index in [1.54, 1.807) is 18.2 Å². The number of ether oxygens (including phenoxy) is 1. The Morgan fingerprint density at radius 3 is 2.57 bits per heavy atom. The highest BCUT2D eigenvalue weighted by atomic mass is 79.9. The van der Waals surface area contributed by atoms with E-state index in [9.17, 15) is 18.3 Å². The molecule has 1 N–H and O–H groups in total. The summed E-state index contributed by atoms with van der Waals surface area (Å²) in [6, 6.07) is 10.3. The van der Waals surface area contributed by atoms with Gasteiger partial charge in [-0.1, -0.05) is 18.2 Å². The fourth-order valence-corrected chi connectivity index (χ4v) is 2.33. The van der Waals surface area contributed by atoms with Crippen molar-refractivity contribution in [1.29, 1.82) is 0 Å². The quantitative estimate of drug-likeness (QED) is 0.852. The summed E-state index contributed by atoms with van der Waals surface area (Å²) in [5.74, 6) is -0.401. The SMILES string of the molecule is OC(Cc1ccc(F)c(Br)c1)c1cccc(OC(F)F)c1. The molecule has 0 saturated heterocycles. The zero-order chi connectivity index (χ0) is 15.4. The number of rotatable bonds is 5. The molecule has 21 heavy (non-hydrogen) atoms. The summed E-state index contributed by atoms with van der Waals surface area (Å²) >= 11 is 3.07. The Kier molecular flexibility index (Phi) is 5.25. The lowest BCUT2D eigenvalue weighted by molar-refractivity contribution is -0.0499. The number of aliphatic hydroxyl groups excluding tert-OH is 1. The molecule has 2 aromatic rings. The number of aliphatic hydroxyl groups is 1. The summed E-state index contributed by atoms with van der Waals surface area (Å²) in [7, 11) is 0. The highest BCUT2D eigenvalue weighted by molar-refractivity contribution is 9.10. The molecule has 2 nitrogen and oxygen atoms in total. The summed E-state index contributed by atoms with van der Waals surface area (Å²) in [5.41, 5.74) is 1.17. The first-order valence-electron chi connectivity index (χ1n) is 6.12. The fourth-order valence-electron chi connectivity index (χ4n) is 1.91. The van der Waals surface area contributed by atoms with Crippen LogP contribution in [-0.2, 0) is 6.42 Å². The van der Waals surface area contributed by atoms with E-state index >= 15 is 0 Å². The van der Waals surface area contributed by atoms with Gasteiger partial charge < -0.3 is 9.84 Å². The van der Waals surface area contributed by atoms with Crippen molar-refractivity contribution < 1.29 is 23.0 Å². The van der Waals surface area contributed by atoms with E-state index in [1.165, 1.54) is 24.3 Å². The molecule has 0 amide bonds. The molecule has 0 aliphatic rings. The van der Waals surface area contributed by atoms with E-state index in [1.807, 2.05) is 0 Å². The van der Waals surface area contributed by atoms with Crippen LogP contribution in [0.25, 0.3) is 0 Å². The van der Waals surface area contributed by atoms with Crippen LogP contribution >= 0.6 is 15.9 Å². The van der Waals surface area contributed by atoms with Gasteiger partial charge in [0.2, 0.25) is 0 Å². The fraction of sp³-hybridized carbons (Fsp3) is 0.200. The van der Waals surface area contributed by atoms with Crippen molar-refractivity contribution in [2.45, 2.75) is 19.1 Å². The molecule has 1 atom stereocenters. The maximum Gasteiger partial charge on any atom is 0.387 e. The third kappa shape index (κ3) is 4.47. The van der Waals surface area contributed by atoms with E-state index in [2.05, 4.69) is 20.7 Å². The summed E-state index contributed by atoms with van der Waals surface area (Å²) in [5, 5.41) is 10.1. The molecule has 6 heteroatoms. The third-order valence-corrected chi connectivity index (χ3v) is 3.49. The maximum atomic E-state index is 13.1. The molecule has 2 rings (SSSR count). The second kappa shape index (κ2) is 6.95. The summed E-state index contributed by atoms with van der Waals surface area (Å²) in [4.78, 5) is 0. The van der Waals surface area contributed by atoms with E-state index in [4.69, 9.17) is 0 Å². The van der Waals surface area contributed by atoms with Gasteiger partial charge in [-0.25, -0.2) is 4.39 Å². The minimum absolute atomic E-state index is 0.0122. The second-order valence-electron chi connectivity index (χ2n) is 4.42. The highest BCUT2D eigenvalue weighted by Crippen LogP contribution is 2.25. The summed E-state index contributed by atoms with van der Waals surface area (Å²) in [6.07, 6.45) is -0.666. The number of hydrogen-bond acceptors (Lipinski definition) is 2. The normalized spacial score (nSPS) is 12.5. The molecule has 0 aliphatic heterocycles. The molecule has 0 heterocycles. The molecule has 0 saturated carbocycles. The lowest BCUT2D eigenvalue weighted by atomic mass is 10.0. The molecule has 0 aromatic heterocycles.